The summed E-state index contributed by atoms with van der Waals surface area (Å²) in [7, 11) is 0. The summed E-state index contributed by atoms with van der Waals surface area (Å²) in [4.78, 5) is 22.2. The molecule has 2 rings (SSSR count). The predicted molar refractivity (Wildman–Crippen MR) is 88.4 cm³/mol. The van der Waals surface area contributed by atoms with Gasteiger partial charge in [0.05, 0.1) is 10.6 Å². The number of nitro groups is 1. The van der Waals surface area contributed by atoms with Crippen molar-refractivity contribution in [2.24, 2.45) is 11.0 Å². The first-order chi connectivity index (χ1) is 11.0. The Bertz CT molecular complexity index is 723. The fraction of sp³-hybridized carbons (Fsp3) is 0.176. The van der Waals surface area contributed by atoms with Crippen molar-refractivity contribution in [3.05, 3.63) is 75.8 Å². The van der Waals surface area contributed by atoms with Gasteiger partial charge in [-0.3, -0.25) is 14.9 Å². The molecule has 2 aromatic rings. The summed E-state index contributed by atoms with van der Waals surface area (Å²) in [5.74, 6) is -0.275. The molecule has 2 aromatic carbocycles. The maximum atomic E-state index is 12.1. The zero-order chi connectivity index (χ0) is 16.8. The van der Waals surface area contributed by atoms with Crippen LogP contribution in [0.3, 0.4) is 0 Å². The second kappa shape index (κ2) is 7.31. The number of carbonyl (C=O) groups is 1. The van der Waals surface area contributed by atoms with Crippen molar-refractivity contribution in [3.63, 3.8) is 0 Å². The van der Waals surface area contributed by atoms with Gasteiger partial charge in [0.1, 0.15) is 0 Å². The molecule has 1 amide bonds. The van der Waals surface area contributed by atoms with Crippen LogP contribution in [0.4, 0.5) is 5.69 Å². The molecule has 6 nitrogen and oxygen atoms in total. The van der Waals surface area contributed by atoms with E-state index >= 15 is 0 Å². The summed E-state index contributed by atoms with van der Waals surface area (Å²) in [6.45, 7) is 3.98. The third-order valence-electron chi connectivity index (χ3n) is 3.23. The lowest BCUT2D eigenvalue weighted by Gasteiger charge is -2.10. The quantitative estimate of drug-likeness (QED) is 0.522. The Morgan fingerprint density at radius 2 is 1.65 bits per heavy atom. The molecule has 0 aliphatic carbocycles. The fourth-order valence-corrected chi connectivity index (χ4v) is 2.05. The van der Waals surface area contributed by atoms with Gasteiger partial charge in [-0.1, -0.05) is 44.2 Å². The van der Waals surface area contributed by atoms with E-state index in [9.17, 15) is 14.9 Å². The minimum absolute atomic E-state index is 0.0581. The number of hydrazone groups is 1. The summed E-state index contributed by atoms with van der Waals surface area (Å²) >= 11 is 0. The van der Waals surface area contributed by atoms with Gasteiger partial charge in [0, 0.05) is 17.7 Å². The Morgan fingerprint density at radius 1 is 1.04 bits per heavy atom. The molecular weight excluding hydrogens is 294 g/mol. The zero-order valence-corrected chi connectivity index (χ0v) is 12.9. The number of non-ortho nitro benzene ring substituents is 1. The summed E-state index contributed by atoms with van der Waals surface area (Å²) in [6.07, 6.45) is 0. The molecule has 0 spiro atoms. The summed E-state index contributed by atoms with van der Waals surface area (Å²) in [5.41, 5.74) is 4.47. The molecule has 0 aliphatic rings. The van der Waals surface area contributed by atoms with Crippen LogP contribution in [0.25, 0.3) is 0 Å². The van der Waals surface area contributed by atoms with E-state index in [2.05, 4.69) is 10.5 Å². The topological polar surface area (TPSA) is 84.6 Å². The maximum Gasteiger partial charge on any atom is 0.271 e. The first-order valence-corrected chi connectivity index (χ1v) is 7.17. The van der Waals surface area contributed by atoms with Gasteiger partial charge < -0.3 is 0 Å². The smallest absolute Gasteiger partial charge is 0.267 e. The highest BCUT2D eigenvalue weighted by molar-refractivity contribution is 6.03. The molecule has 0 saturated carbocycles. The molecule has 0 atom stereocenters. The van der Waals surface area contributed by atoms with Crippen LogP contribution in [0.2, 0.25) is 0 Å². The molecule has 0 saturated heterocycles. The highest BCUT2D eigenvalue weighted by Gasteiger charge is 2.11. The maximum absolute atomic E-state index is 12.1. The number of carbonyl (C=O) groups excluding carboxylic acids is 1. The van der Waals surface area contributed by atoms with Crippen molar-refractivity contribution >= 4 is 17.3 Å². The molecule has 0 radical (unpaired) electrons. The third-order valence-corrected chi connectivity index (χ3v) is 3.23. The van der Waals surface area contributed by atoms with Gasteiger partial charge in [0.25, 0.3) is 11.6 Å². The van der Waals surface area contributed by atoms with Gasteiger partial charge in [-0.15, -0.1) is 0 Å². The lowest BCUT2D eigenvalue weighted by molar-refractivity contribution is -0.384. The molecule has 0 heterocycles. The number of hydrogen-bond acceptors (Lipinski definition) is 4. The summed E-state index contributed by atoms with van der Waals surface area (Å²) < 4.78 is 0. The highest BCUT2D eigenvalue weighted by Crippen LogP contribution is 2.12. The van der Waals surface area contributed by atoms with Crippen LogP contribution in [0.1, 0.15) is 29.8 Å². The molecule has 0 aromatic heterocycles. The molecule has 0 aliphatic heterocycles. The standard InChI is InChI=1S/C17H17N3O3/c1-12(2)16(13-6-4-3-5-7-13)18-19-17(21)14-8-10-15(11-9-14)20(22)23/h3-12H,1-2H3,(H,19,21). The number of nitro benzene ring substituents is 1. The van der Waals surface area contributed by atoms with Crippen LogP contribution < -0.4 is 5.43 Å². The molecule has 23 heavy (non-hydrogen) atoms. The minimum atomic E-state index is -0.508. The predicted octanol–water partition coefficient (Wildman–Crippen LogP) is 3.38. The Labute approximate surface area is 134 Å². The summed E-state index contributed by atoms with van der Waals surface area (Å²) in [5, 5.41) is 14.8. The van der Waals surface area contributed by atoms with E-state index < -0.39 is 10.8 Å². The molecular formula is C17H17N3O3. The molecule has 118 valence electrons. The largest absolute Gasteiger partial charge is 0.271 e. The Balaban J connectivity index is 2.16. The van der Waals surface area contributed by atoms with Crippen LogP contribution in [0.15, 0.2) is 59.7 Å². The van der Waals surface area contributed by atoms with E-state index in [4.69, 9.17) is 0 Å². The average molecular weight is 311 g/mol. The van der Waals surface area contributed by atoms with Crippen molar-refractivity contribution in [1.29, 1.82) is 0 Å². The Kier molecular flexibility index (Phi) is 5.19. The lowest BCUT2D eigenvalue weighted by Crippen LogP contribution is -2.22. The number of nitrogens with zero attached hydrogens (tertiary/aromatic N) is 2. The lowest BCUT2D eigenvalue weighted by atomic mass is 10.0. The van der Waals surface area contributed by atoms with E-state index in [0.29, 0.717) is 5.56 Å². The van der Waals surface area contributed by atoms with Crippen LogP contribution in [-0.2, 0) is 0 Å². The van der Waals surface area contributed by atoms with Gasteiger partial charge in [0.15, 0.2) is 0 Å². The molecule has 1 N–H and O–H groups in total. The van der Waals surface area contributed by atoms with Gasteiger partial charge in [-0.05, 0) is 23.6 Å². The second-order valence-corrected chi connectivity index (χ2v) is 5.26. The molecule has 0 unspecified atom stereocenters. The van der Waals surface area contributed by atoms with Crippen molar-refractivity contribution in [2.75, 3.05) is 0 Å². The van der Waals surface area contributed by atoms with Crippen LogP contribution >= 0.6 is 0 Å². The third kappa shape index (κ3) is 4.23. The van der Waals surface area contributed by atoms with Crippen LogP contribution in [0.5, 0.6) is 0 Å². The number of hydrogen-bond donors (Lipinski definition) is 1. The highest BCUT2D eigenvalue weighted by atomic mass is 16.6. The normalized spacial score (nSPS) is 11.3. The van der Waals surface area contributed by atoms with Gasteiger partial charge in [-0.25, -0.2) is 5.43 Å². The fourth-order valence-electron chi connectivity index (χ4n) is 2.05. The Hall–Kier alpha value is -3.02. The van der Waals surface area contributed by atoms with Gasteiger partial charge in [0.2, 0.25) is 0 Å². The summed E-state index contributed by atoms with van der Waals surface area (Å²) in [6, 6.07) is 15.0. The second-order valence-electron chi connectivity index (χ2n) is 5.26. The first kappa shape index (κ1) is 16.4. The number of amides is 1. The van der Waals surface area contributed by atoms with Gasteiger partial charge >= 0.3 is 0 Å². The van der Waals surface area contributed by atoms with Crippen molar-refractivity contribution < 1.29 is 9.72 Å². The van der Waals surface area contributed by atoms with E-state index in [1.807, 2.05) is 44.2 Å². The minimum Gasteiger partial charge on any atom is -0.267 e. The van der Waals surface area contributed by atoms with E-state index in [1.165, 1.54) is 24.3 Å². The number of rotatable bonds is 5. The molecule has 0 fully saturated rings. The monoisotopic (exact) mass is 311 g/mol. The average Bonchev–Trinajstić information content (AvgIpc) is 2.55. The molecule has 6 heteroatoms. The number of benzene rings is 2. The number of nitrogens with one attached hydrogen (secondary N) is 1. The van der Waals surface area contributed by atoms with Crippen LogP contribution in [0, 0.1) is 16.0 Å². The Morgan fingerprint density at radius 3 is 2.17 bits per heavy atom. The SMILES string of the molecule is CC(C)C(=NNC(=O)c1ccc([N+](=O)[O-])cc1)c1ccccc1. The van der Waals surface area contributed by atoms with E-state index in [-0.39, 0.29) is 11.6 Å². The zero-order valence-electron chi connectivity index (χ0n) is 12.9. The van der Waals surface area contributed by atoms with Crippen molar-refractivity contribution in [3.8, 4) is 0 Å². The van der Waals surface area contributed by atoms with Crippen molar-refractivity contribution in [1.82, 2.24) is 5.43 Å². The van der Waals surface area contributed by atoms with Crippen molar-refractivity contribution in [2.45, 2.75) is 13.8 Å². The van der Waals surface area contributed by atoms with Crippen LogP contribution in [-0.4, -0.2) is 16.5 Å². The van der Waals surface area contributed by atoms with E-state index in [0.717, 1.165) is 11.3 Å². The first-order valence-electron chi connectivity index (χ1n) is 7.17. The van der Waals surface area contributed by atoms with E-state index in [1.54, 1.807) is 0 Å². The van der Waals surface area contributed by atoms with Gasteiger partial charge in [-0.2, -0.15) is 5.10 Å². The molecule has 0 bridgehead atoms.